The maximum absolute atomic E-state index is 12.3. The summed E-state index contributed by atoms with van der Waals surface area (Å²) < 4.78 is 1.19. The Hall–Kier alpha value is -2.21. The van der Waals surface area contributed by atoms with Crippen molar-refractivity contribution in [1.82, 2.24) is 9.78 Å². The lowest BCUT2D eigenvalue weighted by Gasteiger charge is -2.08. The van der Waals surface area contributed by atoms with Crippen molar-refractivity contribution < 1.29 is 9.72 Å². The monoisotopic (exact) mass is 307 g/mol. The largest absolute Gasteiger partial charge is 0.408 e. The van der Waals surface area contributed by atoms with E-state index in [0.717, 1.165) is 16.7 Å². The number of nitro groups is 1. The average molecular weight is 308 g/mol. The second kappa shape index (κ2) is 5.65. The van der Waals surface area contributed by atoms with E-state index in [1.807, 2.05) is 32.9 Å². The number of carbonyl (C=O) groups excluding carboxylic acids is 1. The van der Waals surface area contributed by atoms with Gasteiger partial charge in [-0.1, -0.05) is 17.7 Å². The quantitative estimate of drug-likeness (QED) is 0.493. The molecule has 0 saturated heterocycles. The lowest BCUT2D eigenvalue weighted by atomic mass is 9.98. The van der Waals surface area contributed by atoms with E-state index in [2.05, 4.69) is 5.10 Å². The van der Waals surface area contributed by atoms with Gasteiger partial charge >= 0.3 is 5.82 Å². The topological polar surface area (TPSA) is 78.0 Å². The summed E-state index contributed by atoms with van der Waals surface area (Å²) in [7, 11) is 0. The summed E-state index contributed by atoms with van der Waals surface area (Å²) in [5, 5.41) is 14.3. The molecule has 1 heterocycles. The van der Waals surface area contributed by atoms with Gasteiger partial charge in [-0.3, -0.25) is 4.79 Å². The van der Waals surface area contributed by atoms with Crippen LogP contribution >= 0.6 is 11.6 Å². The Labute approximate surface area is 126 Å². The second-order valence-corrected chi connectivity index (χ2v) is 5.34. The molecule has 2 rings (SSSR count). The fourth-order valence-corrected chi connectivity index (χ4v) is 2.30. The lowest BCUT2D eigenvalue weighted by Crippen LogP contribution is -2.13. The zero-order chi connectivity index (χ0) is 15.7. The normalized spacial score (nSPS) is 10.7. The Bertz CT molecular complexity index is 737. The van der Waals surface area contributed by atoms with E-state index in [1.54, 1.807) is 0 Å². The number of rotatable bonds is 4. The van der Waals surface area contributed by atoms with Gasteiger partial charge in [-0.25, -0.2) is 0 Å². The lowest BCUT2D eigenvalue weighted by molar-refractivity contribution is -0.389. The molecular weight excluding hydrogens is 294 g/mol. The Morgan fingerprint density at radius 2 is 1.90 bits per heavy atom. The third kappa shape index (κ3) is 3.11. The fourth-order valence-electron chi connectivity index (χ4n) is 2.08. The van der Waals surface area contributed by atoms with Gasteiger partial charge in [0, 0.05) is 5.56 Å². The first-order valence-corrected chi connectivity index (χ1v) is 6.65. The van der Waals surface area contributed by atoms with Crippen LogP contribution in [0.2, 0.25) is 5.02 Å². The number of benzene rings is 1. The van der Waals surface area contributed by atoms with Crippen LogP contribution in [0.1, 0.15) is 27.0 Å². The van der Waals surface area contributed by atoms with Gasteiger partial charge in [0.05, 0.1) is 11.3 Å². The Morgan fingerprint density at radius 3 is 2.48 bits per heavy atom. The molecule has 0 bridgehead atoms. The summed E-state index contributed by atoms with van der Waals surface area (Å²) in [5.41, 5.74) is 3.60. The van der Waals surface area contributed by atoms with Crippen molar-refractivity contribution in [2.75, 3.05) is 0 Å². The highest BCUT2D eigenvalue weighted by Crippen LogP contribution is 2.22. The molecule has 0 saturated carbocycles. The van der Waals surface area contributed by atoms with Crippen LogP contribution in [0, 0.1) is 30.9 Å². The molecule has 1 aromatic carbocycles. The van der Waals surface area contributed by atoms with Crippen molar-refractivity contribution in [3.63, 3.8) is 0 Å². The minimum absolute atomic E-state index is 0.0791. The van der Waals surface area contributed by atoms with Crippen LogP contribution in [0.25, 0.3) is 0 Å². The van der Waals surface area contributed by atoms with Gasteiger partial charge in [0.1, 0.15) is 6.54 Å². The number of Topliss-reactive ketones (excluding diaryl/α,β-unsaturated/α-hetero) is 1. The van der Waals surface area contributed by atoms with E-state index in [1.165, 1.54) is 10.9 Å². The molecule has 0 atom stereocenters. The smallest absolute Gasteiger partial charge is 0.358 e. The van der Waals surface area contributed by atoms with Crippen LogP contribution < -0.4 is 0 Å². The number of aromatic nitrogens is 2. The van der Waals surface area contributed by atoms with Gasteiger partial charge in [-0.2, -0.15) is 4.68 Å². The third-order valence-electron chi connectivity index (χ3n) is 3.32. The number of hydrogen-bond acceptors (Lipinski definition) is 4. The first-order chi connectivity index (χ1) is 9.79. The number of aryl methyl sites for hydroxylation is 3. The van der Waals surface area contributed by atoms with E-state index in [0.29, 0.717) is 5.56 Å². The SMILES string of the molecule is Cc1cc(C)c(C(=O)Cn2cc(Cl)c([N+](=O)[O-])n2)cc1C. The molecule has 21 heavy (non-hydrogen) atoms. The average Bonchev–Trinajstić information content (AvgIpc) is 2.74. The third-order valence-corrected chi connectivity index (χ3v) is 3.59. The number of ketones is 1. The summed E-state index contributed by atoms with van der Waals surface area (Å²) in [6, 6.07) is 3.77. The van der Waals surface area contributed by atoms with Crippen molar-refractivity contribution in [3.05, 3.63) is 55.7 Å². The number of hydrogen-bond donors (Lipinski definition) is 0. The van der Waals surface area contributed by atoms with Crippen molar-refractivity contribution in [1.29, 1.82) is 0 Å². The molecule has 0 aliphatic rings. The fraction of sp³-hybridized carbons (Fsp3) is 0.286. The molecule has 2 aromatic rings. The van der Waals surface area contributed by atoms with Crippen LogP contribution in [0.15, 0.2) is 18.3 Å². The molecule has 0 aliphatic carbocycles. The molecular formula is C14H14ClN3O3. The maximum atomic E-state index is 12.3. The second-order valence-electron chi connectivity index (χ2n) is 4.93. The molecule has 110 valence electrons. The van der Waals surface area contributed by atoms with E-state index in [4.69, 9.17) is 11.6 Å². The van der Waals surface area contributed by atoms with Gasteiger partial charge in [-0.05, 0) is 48.5 Å². The summed E-state index contributed by atoms with van der Waals surface area (Å²) in [5.74, 6) is -0.606. The molecule has 0 fully saturated rings. The molecule has 0 amide bonds. The van der Waals surface area contributed by atoms with E-state index in [-0.39, 0.29) is 17.4 Å². The summed E-state index contributed by atoms with van der Waals surface area (Å²) in [4.78, 5) is 22.3. The number of nitrogens with zero attached hydrogens (tertiary/aromatic N) is 3. The van der Waals surface area contributed by atoms with Crippen LogP contribution in [-0.2, 0) is 6.54 Å². The number of carbonyl (C=O) groups is 1. The van der Waals surface area contributed by atoms with Gasteiger partial charge < -0.3 is 10.1 Å². The molecule has 0 unspecified atom stereocenters. The number of halogens is 1. The predicted octanol–water partition coefficient (Wildman–Crippen LogP) is 3.25. The summed E-state index contributed by atoms with van der Waals surface area (Å²) in [6.45, 7) is 5.68. The molecule has 0 spiro atoms. The highest BCUT2D eigenvalue weighted by molar-refractivity contribution is 6.32. The van der Waals surface area contributed by atoms with Crippen LogP contribution in [-0.4, -0.2) is 20.5 Å². The molecule has 1 aromatic heterocycles. The Kier molecular flexibility index (Phi) is 4.09. The molecule has 6 nitrogen and oxygen atoms in total. The minimum Gasteiger partial charge on any atom is -0.358 e. The molecule has 0 aliphatic heterocycles. The standard InChI is InChI=1S/C14H14ClN3O3/c1-8-4-10(3)11(5-9(8)2)13(19)7-17-6-12(15)14(16-17)18(20)21/h4-6H,7H2,1-3H3. The van der Waals surface area contributed by atoms with Crippen LogP contribution in [0.4, 0.5) is 5.82 Å². The zero-order valence-electron chi connectivity index (χ0n) is 11.9. The first-order valence-electron chi connectivity index (χ1n) is 6.28. The molecule has 7 heteroatoms. The van der Waals surface area contributed by atoms with Crippen LogP contribution in [0.3, 0.4) is 0 Å². The van der Waals surface area contributed by atoms with Gasteiger partial charge in [0.25, 0.3) is 0 Å². The zero-order valence-corrected chi connectivity index (χ0v) is 12.6. The van der Waals surface area contributed by atoms with Gasteiger partial charge in [0.2, 0.25) is 0 Å². The first kappa shape index (κ1) is 15.2. The molecule has 0 N–H and O–H groups in total. The van der Waals surface area contributed by atoms with Crippen molar-refractivity contribution in [2.45, 2.75) is 27.3 Å². The van der Waals surface area contributed by atoms with Gasteiger partial charge in [-0.15, -0.1) is 0 Å². The highest BCUT2D eigenvalue weighted by atomic mass is 35.5. The van der Waals surface area contributed by atoms with E-state index >= 15 is 0 Å². The van der Waals surface area contributed by atoms with Crippen molar-refractivity contribution in [2.24, 2.45) is 0 Å². The highest BCUT2D eigenvalue weighted by Gasteiger charge is 2.21. The van der Waals surface area contributed by atoms with Gasteiger partial charge in [0.15, 0.2) is 10.8 Å². The van der Waals surface area contributed by atoms with Crippen LogP contribution in [0.5, 0.6) is 0 Å². The van der Waals surface area contributed by atoms with E-state index < -0.39 is 10.7 Å². The minimum atomic E-state index is -0.676. The van der Waals surface area contributed by atoms with Crippen molar-refractivity contribution in [3.8, 4) is 0 Å². The summed E-state index contributed by atoms with van der Waals surface area (Å²) in [6.07, 6.45) is 1.29. The Morgan fingerprint density at radius 1 is 1.29 bits per heavy atom. The summed E-state index contributed by atoms with van der Waals surface area (Å²) >= 11 is 5.71. The van der Waals surface area contributed by atoms with E-state index in [9.17, 15) is 14.9 Å². The Balaban J connectivity index is 2.28. The molecule has 0 radical (unpaired) electrons. The van der Waals surface area contributed by atoms with Crippen molar-refractivity contribution >= 4 is 23.2 Å². The predicted molar refractivity (Wildman–Crippen MR) is 78.9 cm³/mol. The maximum Gasteiger partial charge on any atom is 0.408 e.